The van der Waals surface area contributed by atoms with Crippen LogP contribution in [0.15, 0.2) is 23.0 Å². The summed E-state index contributed by atoms with van der Waals surface area (Å²) in [7, 11) is 0. The molecule has 21 heavy (non-hydrogen) atoms. The van der Waals surface area contributed by atoms with Crippen molar-refractivity contribution in [1.82, 2.24) is 4.98 Å². The number of aromatic amines is 1. The minimum atomic E-state index is -0.581. The molecule has 0 fully saturated rings. The predicted molar refractivity (Wildman–Crippen MR) is 78.5 cm³/mol. The Morgan fingerprint density at radius 3 is 2.67 bits per heavy atom. The summed E-state index contributed by atoms with van der Waals surface area (Å²) in [4.78, 5) is 14.2. The average molecular weight is 277 g/mol. The summed E-state index contributed by atoms with van der Waals surface area (Å²) < 4.78 is 0. The summed E-state index contributed by atoms with van der Waals surface area (Å²) in [6.45, 7) is 0.854. The molecular formula is C15H11N5O. The van der Waals surface area contributed by atoms with Gasteiger partial charge in [0.1, 0.15) is 29.1 Å². The standard InChI is InChI=1S/C15H11N5O/c16-6-10-13(11(7-17)15(21)20-14(10)18)9-1-2-12-8(5-9)3-4-19-12/h1-2,5,19H,3-4H2,(H3,18,20,21). The molecule has 6 nitrogen and oxygen atoms in total. The van der Waals surface area contributed by atoms with Crippen LogP contribution in [0, 0.1) is 22.7 Å². The molecular weight excluding hydrogens is 266 g/mol. The van der Waals surface area contributed by atoms with Crippen LogP contribution in [0.25, 0.3) is 11.1 Å². The molecule has 0 bridgehead atoms. The quantitative estimate of drug-likeness (QED) is 0.726. The lowest BCUT2D eigenvalue weighted by Crippen LogP contribution is -2.16. The number of pyridine rings is 1. The fraction of sp³-hybridized carbons (Fsp3) is 0.133. The summed E-state index contributed by atoms with van der Waals surface area (Å²) >= 11 is 0. The molecule has 6 heteroatoms. The highest BCUT2D eigenvalue weighted by Gasteiger charge is 2.19. The van der Waals surface area contributed by atoms with Crippen molar-refractivity contribution >= 4 is 11.5 Å². The third-order valence-electron chi connectivity index (χ3n) is 3.57. The van der Waals surface area contributed by atoms with Crippen molar-refractivity contribution in [2.24, 2.45) is 0 Å². The van der Waals surface area contributed by atoms with Crippen molar-refractivity contribution < 1.29 is 0 Å². The van der Waals surface area contributed by atoms with Crippen LogP contribution in [-0.2, 0) is 6.42 Å². The van der Waals surface area contributed by atoms with Crippen LogP contribution in [0.5, 0.6) is 0 Å². The number of H-pyrrole nitrogens is 1. The highest BCUT2D eigenvalue weighted by molar-refractivity contribution is 5.81. The third-order valence-corrected chi connectivity index (χ3v) is 3.57. The molecule has 0 radical (unpaired) electrons. The third kappa shape index (κ3) is 1.90. The van der Waals surface area contributed by atoms with E-state index in [4.69, 9.17) is 5.73 Å². The first-order valence-corrected chi connectivity index (χ1v) is 6.39. The van der Waals surface area contributed by atoms with Crippen LogP contribution >= 0.6 is 0 Å². The van der Waals surface area contributed by atoms with Gasteiger partial charge in [-0.05, 0) is 29.7 Å². The van der Waals surface area contributed by atoms with Crippen LogP contribution in [0.4, 0.5) is 11.5 Å². The Morgan fingerprint density at radius 2 is 1.95 bits per heavy atom. The minimum Gasteiger partial charge on any atom is -0.384 e. The van der Waals surface area contributed by atoms with Crippen molar-refractivity contribution in [2.75, 3.05) is 17.6 Å². The lowest BCUT2D eigenvalue weighted by molar-refractivity contribution is 1.11. The number of hydrogen-bond acceptors (Lipinski definition) is 5. The van der Waals surface area contributed by atoms with Gasteiger partial charge in [-0.3, -0.25) is 4.79 Å². The fourth-order valence-electron chi connectivity index (χ4n) is 2.59. The molecule has 0 atom stereocenters. The largest absolute Gasteiger partial charge is 0.384 e. The fourth-order valence-corrected chi connectivity index (χ4v) is 2.59. The molecule has 0 saturated heterocycles. The summed E-state index contributed by atoms with van der Waals surface area (Å²) in [6.07, 6.45) is 0.867. The zero-order chi connectivity index (χ0) is 15.0. The number of nitriles is 2. The van der Waals surface area contributed by atoms with E-state index in [9.17, 15) is 15.3 Å². The van der Waals surface area contributed by atoms with E-state index in [1.54, 1.807) is 6.07 Å². The first-order valence-electron chi connectivity index (χ1n) is 6.39. The molecule has 1 aromatic carbocycles. The van der Waals surface area contributed by atoms with Gasteiger partial charge in [0.15, 0.2) is 0 Å². The van der Waals surface area contributed by atoms with Gasteiger partial charge in [-0.15, -0.1) is 0 Å². The van der Waals surface area contributed by atoms with E-state index in [2.05, 4.69) is 10.3 Å². The SMILES string of the molecule is N#Cc1c(N)[nH]c(=O)c(C#N)c1-c1ccc2c(c1)CCN2. The summed E-state index contributed by atoms with van der Waals surface area (Å²) in [5.74, 6) is -0.0184. The van der Waals surface area contributed by atoms with Gasteiger partial charge in [0.05, 0.1) is 0 Å². The zero-order valence-corrected chi connectivity index (χ0v) is 11.0. The topological polar surface area (TPSA) is 118 Å². The maximum atomic E-state index is 11.9. The monoisotopic (exact) mass is 277 g/mol. The second kappa shape index (κ2) is 4.69. The Bertz CT molecular complexity index is 883. The van der Waals surface area contributed by atoms with Crippen LogP contribution < -0.4 is 16.6 Å². The van der Waals surface area contributed by atoms with Gasteiger partial charge in [-0.2, -0.15) is 10.5 Å². The zero-order valence-electron chi connectivity index (χ0n) is 11.0. The maximum Gasteiger partial charge on any atom is 0.268 e. The number of hydrogen-bond donors (Lipinski definition) is 3. The van der Waals surface area contributed by atoms with Crippen LogP contribution in [-0.4, -0.2) is 11.5 Å². The molecule has 0 amide bonds. The number of nitrogens with one attached hydrogen (secondary N) is 2. The van der Waals surface area contributed by atoms with Crippen LogP contribution in [0.2, 0.25) is 0 Å². The summed E-state index contributed by atoms with van der Waals surface area (Å²) in [5, 5.41) is 21.8. The Morgan fingerprint density at radius 1 is 1.19 bits per heavy atom. The molecule has 0 unspecified atom stereocenters. The van der Waals surface area contributed by atoms with Gasteiger partial charge in [0.25, 0.3) is 5.56 Å². The van der Waals surface area contributed by atoms with E-state index in [1.807, 2.05) is 24.3 Å². The number of nitrogens with zero attached hydrogens (tertiary/aromatic N) is 2. The minimum absolute atomic E-state index is 0.0184. The second-order valence-electron chi connectivity index (χ2n) is 4.77. The van der Waals surface area contributed by atoms with E-state index < -0.39 is 5.56 Å². The first-order chi connectivity index (χ1) is 10.2. The van der Waals surface area contributed by atoms with Crippen LogP contribution in [0.3, 0.4) is 0 Å². The van der Waals surface area contributed by atoms with Gasteiger partial charge in [0.2, 0.25) is 0 Å². The van der Waals surface area contributed by atoms with Crippen molar-refractivity contribution in [3.8, 4) is 23.3 Å². The highest BCUT2D eigenvalue weighted by Crippen LogP contribution is 2.32. The predicted octanol–water partition coefficient (Wildman–Crippen LogP) is 1.34. The smallest absolute Gasteiger partial charge is 0.268 e. The molecule has 1 aromatic heterocycles. The second-order valence-corrected chi connectivity index (χ2v) is 4.77. The van der Waals surface area contributed by atoms with E-state index >= 15 is 0 Å². The number of fused-ring (bicyclic) bond motifs is 1. The summed E-state index contributed by atoms with van der Waals surface area (Å²) in [6, 6.07) is 9.40. The highest BCUT2D eigenvalue weighted by atomic mass is 16.1. The number of benzene rings is 1. The van der Waals surface area contributed by atoms with Crippen molar-refractivity contribution in [3.63, 3.8) is 0 Å². The molecule has 1 aliphatic heterocycles. The molecule has 2 heterocycles. The molecule has 0 aliphatic carbocycles. The molecule has 4 N–H and O–H groups in total. The number of anilines is 2. The Labute approximate surface area is 120 Å². The number of nitrogens with two attached hydrogens (primary N) is 1. The lowest BCUT2D eigenvalue weighted by atomic mass is 9.95. The normalized spacial score (nSPS) is 12.1. The Balaban J connectivity index is 2.35. The molecule has 2 aromatic rings. The van der Waals surface area contributed by atoms with Gasteiger partial charge < -0.3 is 16.0 Å². The van der Waals surface area contributed by atoms with Crippen molar-refractivity contribution in [2.45, 2.75) is 6.42 Å². The number of nitrogen functional groups attached to an aromatic ring is 1. The lowest BCUT2D eigenvalue weighted by Gasteiger charge is -2.10. The first kappa shape index (κ1) is 12.8. The summed E-state index contributed by atoms with van der Waals surface area (Å²) in [5.41, 5.74) is 8.25. The van der Waals surface area contributed by atoms with Gasteiger partial charge in [-0.25, -0.2) is 0 Å². The van der Waals surface area contributed by atoms with Crippen molar-refractivity contribution in [3.05, 3.63) is 45.2 Å². The number of aromatic nitrogens is 1. The van der Waals surface area contributed by atoms with E-state index in [1.165, 1.54) is 0 Å². The maximum absolute atomic E-state index is 11.9. The van der Waals surface area contributed by atoms with E-state index in [0.29, 0.717) is 11.1 Å². The number of rotatable bonds is 1. The Kier molecular flexibility index (Phi) is 2.85. The molecule has 0 saturated carbocycles. The van der Waals surface area contributed by atoms with Gasteiger partial charge in [0, 0.05) is 17.8 Å². The molecule has 0 spiro atoms. The van der Waals surface area contributed by atoms with Crippen LogP contribution in [0.1, 0.15) is 16.7 Å². The van der Waals surface area contributed by atoms with E-state index in [0.717, 1.165) is 24.2 Å². The molecule has 3 rings (SSSR count). The van der Waals surface area contributed by atoms with Crippen molar-refractivity contribution in [1.29, 1.82) is 10.5 Å². The van der Waals surface area contributed by atoms with E-state index in [-0.39, 0.29) is 16.9 Å². The molecule has 102 valence electrons. The average Bonchev–Trinajstić information content (AvgIpc) is 2.93. The molecule has 1 aliphatic rings. The Hall–Kier alpha value is -3.25. The van der Waals surface area contributed by atoms with Gasteiger partial charge in [-0.1, -0.05) is 6.07 Å². The van der Waals surface area contributed by atoms with Gasteiger partial charge >= 0.3 is 0 Å².